The summed E-state index contributed by atoms with van der Waals surface area (Å²) in [6.07, 6.45) is -1.04. The molecule has 44 heavy (non-hydrogen) atoms. The Morgan fingerprint density at radius 1 is 1.09 bits per heavy atom. The second kappa shape index (κ2) is 11.3. The molecule has 1 aliphatic heterocycles. The number of hydrogen-bond donors (Lipinski definition) is 2. The van der Waals surface area contributed by atoms with Crippen LogP contribution >= 0.6 is 0 Å². The molecule has 0 unspecified atom stereocenters. The van der Waals surface area contributed by atoms with Crippen molar-refractivity contribution >= 4 is 11.7 Å². The normalized spacial score (nSPS) is 15.8. The Hall–Kier alpha value is -4.36. The number of anilines is 1. The van der Waals surface area contributed by atoms with E-state index in [9.17, 15) is 27.5 Å². The summed E-state index contributed by atoms with van der Waals surface area (Å²) in [4.78, 5) is 19.4. The summed E-state index contributed by atoms with van der Waals surface area (Å²) >= 11 is 0. The van der Waals surface area contributed by atoms with Gasteiger partial charge in [0, 0.05) is 37.3 Å². The van der Waals surface area contributed by atoms with E-state index in [0.29, 0.717) is 35.4 Å². The van der Waals surface area contributed by atoms with Gasteiger partial charge in [-0.1, -0.05) is 6.07 Å². The molecule has 2 aliphatic rings. The molecule has 0 bridgehead atoms. The number of ether oxygens (including phenoxy) is 1. The van der Waals surface area contributed by atoms with E-state index in [2.05, 4.69) is 20.5 Å². The monoisotopic (exact) mass is 610 g/mol. The van der Waals surface area contributed by atoms with Crippen molar-refractivity contribution in [3.63, 3.8) is 0 Å². The number of aliphatic hydroxyl groups is 1. The number of nitrogens with zero attached hydrogens (tertiary/aromatic N) is 5. The van der Waals surface area contributed by atoms with Gasteiger partial charge in [0.25, 0.3) is 5.91 Å². The first-order valence-corrected chi connectivity index (χ1v) is 14.2. The summed E-state index contributed by atoms with van der Waals surface area (Å²) < 4.78 is 64.5. The van der Waals surface area contributed by atoms with Gasteiger partial charge in [0.2, 0.25) is 5.88 Å². The van der Waals surface area contributed by atoms with Gasteiger partial charge in [-0.15, -0.1) is 10.2 Å². The summed E-state index contributed by atoms with van der Waals surface area (Å²) in [6.45, 7) is 1.96. The van der Waals surface area contributed by atoms with Gasteiger partial charge in [-0.3, -0.25) is 9.69 Å². The van der Waals surface area contributed by atoms with E-state index in [0.717, 1.165) is 12.5 Å². The second-order valence-corrected chi connectivity index (χ2v) is 11.2. The van der Waals surface area contributed by atoms with Crippen molar-refractivity contribution in [3.8, 4) is 28.4 Å². The molecule has 1 aliphatic carbocycles. The van der Waals surface area contributed by atoms with E-state index in [4.69, 9.17) is 4.74 Å². The maximum atomic E-state index is 14.4. The number of hydrogen-bond acceptors (Lipinski definition) is 7. The van der Waals surface area contributed by atoms with Crippen molar-refractivity contribution in [2.45, 2.75) is 51.1 Å². The zero-order chi connectivity index (χ0) is 31.2. The fourth-order valence-corrected chi connectivity index (χ4v) is 5.70. The Bertz CT molecular complexity index is 1730. The third kappa shape index (κ3) is 5.64. The number of aromatic nitrogens is 4. The number of fused-ring (bicyclic) bond motifs is 1. The maximum absolute atomic E-state index is 14.4. The van der Waals surface area contributed by atoms with Crippen molar-refractivity contribution in [3.05, 3.63) is 76.9 Å². The number of nitrogens with one attached hydrogen (secondary N) is 1. The predicted octanol–water partition coefficient (Wildman–Crippen LogP) is 5.27. The van der Waals surface area contributed by atoms with Crippen LogP contribution in [0.25, 0.3) is 22.5 Å². The van der Waals surface area contributed by atoms with Crippen LogP contribution in [0.4, 0.5) is 23.4 Å². The zero-order valence-corrected chi connectivity index (χ0v) is 24.1. The van der Waals surface area contributed by atoms with Crippen LogP contribution in [0.1, 0.15) is 53.2 Å². The standard InChI is InChI=1S/C31H30F4N6O3/c1-3-44-27-12-19(21-6-5-20(32)13-22(21)28-39-37-17-40(28)2)11-26(38-27)41-15-24-23(29(41)42)9-18(10-25(24)31(33,34)35)14-36-16-30(43)7-4-8-30/h5-6,9-13,17,36,43H,3-4,7-8,14-16H2,1-2H3. The van der Waals surface area contributed by atoms with Crippen molar-refractivity contribution in [2.75, 3.05) is 18.1 Å². The Balaban J connectivity index is 1.38. The predicted molar refractivity (Wildman–Crippen MR) is 153 cm³/mol. The van der Waals surface area contributed by atoms with Crippen LogP contribution in [0.15, 0.2) is 48.8 Å². The molecule has 2 N–H and O–H groups in total. The summed E-state index contributed by atoms with van der Waals surface area (Å²) in [5, 5.41) is 21.4. The van der Waals surface area contributed by atoms with Crippen LogP contribution in [0.2, 0.25) is 0 Å². The minimum Gasteiger partial charge on any atom is -0.478 e. The van der Waals surface area contributed by atoms with Crippen molar-refractivity contribution < 1.29 is 32.2 Å². The molecule has 0 radical (unpaired) electrons. The molecule has 2 aromatic carbocycles. The Labute approximate surface area is 250 Å². The van der Waals surface area contributed by atoms with Crippen molar-refractivity contribution in [2.24, 2.45) is 7.05 Å². The van der Waals surface area contributed by atoms with Gasteiger partial charge in [-0.25, -0.2) is 4.39 Å². The molecule has 0 saturated heterocycles. The number of rotatable bonds is 9. The molecular weight excluding hydrogens is 580 g/mol. The summed E-state index contributed by atoms with van der Waals surface area (Å²) in [5.74, 6) is -0.513. The van der Waals surface area contributed by atoms with Gasteiger partial charge in [-0.2, -0.15) is 18.2 Å². The first kappa shape index (κ1) is 29.7. The highest BCUT2D eigenvalue weighted by Gasteiger charge is 2.41. The topological polar surface area (TPSA) is 105 Å². The molecule has 0 atom stereocenters. The number of pyridine rings is 1. The van der Waals surface area contributed by atoms with Gasteiger partial charge >= 0.3 is 6.18 Å². The molecule has 4 aromatic rings. The van der Waals surface area contributed by atoms with Gasteiger partial charge < -0.3 is 19.7 Å². The largest absolute Gasteiger partial charge is 0.478 e. The van der Waals surface area contributed by atoms with Crippen LogP contribution < -0.4 is 15.0 Å². The lowest BCUT2D eigenvalue weighted by Crippen LogP contribution is -2.46. The van der Waals surface area contributed by atoms with Crippen molar-refractivity contribution in [1.82, 2.24) is 25.1 Å². The first-order chi connectivity index (χ1) is 21.0. The molecule has 1 fully saturated rings. The number of halogens is 4. The average molecular weight is 611 g/mol. The lowest BCUT2D eigenvalue weighted by atomic mass is 9.80. The quantitative estimate of drug-likeness (QED) is 0.249. The highest BCUT2D eigenvalue weighted by molar-refractivity contribution is 6.10. The van der Waals surface area contributed by atoms with Gasteiger partial charge in [-0.05, 0) is 78.8 Å². The summed E-state index contributed by atoms with van der Waals surface area (Å²) in [5.41, 5.74) is -0.212. The van der Waals surface area contributed by atoms with Gasteiger partial charge in [0.1, 0.15) is 18.0 Å². The number of carbonyl (C=O) groups excluding carboxylic acids is 1. The molecule has 13 heteroatoms. The fourth-order valence-electron chi connectivity index (χ4n) is 5.70. The molecule has 1 amide bonds. The van der Waals surface area contributed by atoms with Gasteiger partial charge in [0.15, 0.2) is 5.82 Å². The van der Waals surface area contributed by atoms with E-state index in [-0.39, 0.29) is 54.6 Å². The Morgan fingerprint density at radius 3 is 2.55 bits per heavy atom. The number of alkyl halides is 3. The minimum absolute atomic E-state index is 0.0591. The SMILES string of the molecule is CCOc1cc(-c2ccc(F)cc2-c2nncn2C)cc(N2Cc3c(cc(CNCC4(O)CCC4)cc3C(F)(F)F)C2=O)n1. The van der Waals surface area contributed by atoms with Crippen LogP contribution in [0.5, 0.6) is 5.88 Å². The van der Waals surface area contributed by atoms with Crippen molar-refractivity contribution in [1.29, 1.82) is 0 Å². The van der Waals surface area contributed by atoms with E-state index >= 15 is 0 Å². The fraction of sp³-hybridized carbons (Fsp3) is 0.355. The van der Waals surface area contributed by atoms with E-state index in [1.165, 1.54) is 29.4 Å². The van der Waals surface area contributed by atoms with E-state index < -0.39 is 29.1 Å². The molecule has 6 rings (SSSR count). The molecular formula is C31H30F4N6O3. The number of carbonyl (C=O) groups is 1. The van der Waals surface area contributed by atoms with E-state index in [1.807, 2.05) is 0 Å². The number of benzene rings is 2. The molecule has 9 nitrogen and oxygen atoms in total. The lowest BCUT2D eigenvalue weighted by Gasteiger charge is -2.36. The van der Waals surface area contributed by atoms with Crippen LogP contribution in [0, 0.1) is 5.82 Å². The second-order valence-electron chi connectivity index (χ2n) is 11.2. The smallest absolute Gasteiger partial charge is 0.416 e. The third-order valence-corrected chi connectivity index (χ3v) is 8.08. The Kier molecular flexibility index (Phi) is 7.62. The Morgan fingerprint density at radius 2 is 1.89 bits per heavy atom. The third-order valence-electron chi connectivity index (χ3n) is 8.08. The highest BCUT2D eigenvalue weighted by atomic mass is 19.4. The maximum Gasteiger partial charge on any atom is 0.416 e. The molecule has 2 aromatic heterocycles. The lowest BCUT2D eigenvalue weighted by molar-refractivity contribution is -0.138. The molecule has 0 spiro atoms. The van der Waals surface area contributed by atoms with E-state index in [1.54, 1.807) is 36.7 Å². The van der Waals surface area contributed by atoms with Crippen LogP contribution in [0.3, 0.4) is 0 Å². The summed E-state index contributed by atoms with van der Waals surface area (Å²) in [6, 6.07) is 9.84. The number of amides is 1. The zero-order valence-electron chi connectivity index (χ0n) is 24.1. The minimum atomic E-state index is -4.70. The molecule has 1 saturated carbocycles. The first-order valence-electron chi connectivity index (χ1n) is 14.2. The van der Waals surface area contributed by atoms with Crippen LogP contribution in [-0.4, -0.2) is 49.5 Å². The average Bonchev–Trinajstić information content (AvgIpc) is 3.54. The van der Waals surface area contributed by atoms with Crippen LogP contribution in [-0.2, 0) is 26.3 Å². The highest BCUT2D eigenvalue weighted by Crippen LogP contribution is 2.41. The summed E-state index contributed by atoms with van der Waals surface area (Å²) in [7, 11) is 1.71. The van der Waals surface area contributed by atoms with Gasteiger partial charge in [0.05, 0.1) is 24.3 Å². The molecule has 3 heterocycles. The molecule has 230 valence electrons. The number of aryl methyl sites for hydroxylation is 1.